The van der Waals surface area contributed by atoms with E-state index in [0.717, 1.165) is 17.7 Å². The molecule has 96 valence electrons. The summed E-state index contributed by atoms with van der Waals surface area (Å²) in [7, 11) is 0. The van der Waals surface area contributed by atoms with Gasteiger partial charge in [0.2, 0.25) is 0 Å². The average Bonchev–Trinajstić information content (AvgIpc) is 2.89. The molecule has 0 N–H and O–H groups in total. The third-order valence-corrected chi connectivity index (χ3v) is 3.78. The maximum atomic E-state index is 6.18. The van der Waals surface area contributed by atoms with Crippen LogP contribution in [0.5, 0.6) is 5.75 Å². The Bertz CT molecular complexity index is 596. The van der Waals surface area contributed by atoms with E-state index in [1.54, 1.807) is 0 Å². The van der Waals surface area contributed by atoms with E-state index in [1.165, 1.54) is 5.56 Å². The van der Waals surface area contributed by atoms with Gasteiger partial charge in [0.25, 0.3) is 5.79 Å². The molecule has 2 atom stereocenters. The molecule has 3 nitrogen and oxygen atoms in total. The summed E-state index contributed by atoms with van der Waals surface area (Å²) in [6.07, 6.45) is 0.718. The Labute approximate surface area is 111 Å². The Morgan fingerprint density at radius 1 is 0.947 bits per heavy atom. The molecule has 0 aromatic heterocycles. The van der Waals surface area contributed by atoms with E-state index < -0.39 is 5.79 Å². The Hall–Kier alpha value is -1.84. The molecule has 4 rings (SSSR count). The molecule has 0 saturated carbocycles. The fraction of sp³-hybridized carbons (Fsp3) is 0.250. The van der Waals surface area contributed by atoms with Gasteiger partial charge in [-0.2, -0.15) is 0 Å². The lowest BCUT2D eigenvalue weighted by Crippen LogP contribution is -2.46. The van der Waals surface area contributed by atoms with E-state index in [4.69, 9.17) is 14.2 Å². The SMILES string of the molecule is c1ccc(C23OCOC2Cc2ccccc2O3)cc1. The van der Waals surface area contributed by atoms with Gasteiger partial charge in [-0.3, -0.25) is 0 Å². The summed E-state index contributed by atoms with van der Waals surface area (Å²) in [5.41, 5.74) is 2.18. The van der Waals surface area contributed by atoms with Crippen molar-refractivity contribution in [1.29, 1.82) is 0 Å². The van der Waals surface area contributed by atoms with Crippen LogP contribution in [0, 0.1) is 0 Å². The highest BCUT2D eigenvalue weighted by Gasteiger charge is 2.52. The summed E-state index contributed by atoms with van der Waals surface area (Å²) >= 11 is 0. The van der Waals surface area contributed by atoms with Gasteiger partial charge in [-0.1, -0.05) is 48.5 Å². The van der Waals surface area contributed by atoms with Crippen molar-refractivity contribution in [2.24, 2.45) is 0 Å². The van der Waals surface area contributed by atoms with Gasteiger partial charge in [-0.25, -0.2) is 0 Å². The van der Waals surface area contributed by atoms with Crippen LogP contribution in [0.25, 0.3) is 0 Å². The molecule has 3 heteroatoms. The zero-order chi connectivity index (χ0) is 12.7. The second-order valence-corrected chi connectivity index (χ2v) is 4.86. The van der Waals surface area contributed by atoms with Gasteiger partial charge in [0, 0.05) is 12.0 Å². The van der Waals surface area contributed by atoms with Crippen molar-refractivity contribution in [2.45, 2.75) is 18.3 Å². The Morgan fingerprint density at radius 2 is 1.74 bits per heavy atom. The highest BCUT2D eigenvalue weighted by Crippen LogP contribution is 2.44. The molecule has 2 heterocycles. The van der Waals surface area contributed by atoms with E-state index in [-0.39, 0.29) is 12.9 Å². The molecule has 2 aliphatic heterocycles. The predicted octanol–water partition coefficient (Wildman–Crippen LogP) is 2.85. The highest BCUT2D eigenvalue weighted by molar-refractivity contribution is 5.39. The van der Waals surface area contributed by atoms with Gasteiger partial charge in [0.05, 0.1) is 0 Å². The molecule has 1 fully saturated rings. The first-order chi connectivity index (χ1) is 9.38. The maximum absolute atomic E-state index is 6.18. The molecular formula is C16H14O3. The molecule has 19 heavy (non-hydrogen) atoms. The number of rotatable bonds is 1. The van der Waals surface area contributed by atoms with Crippen LogP contribution in [-0.4, -0.2) is 12.9 Å². The average molecular weight is 254 g/mol. The zero-order valence-corrected chi connectivity index (χ0v) is 10.4. The minimum atomic E-state index is -0.796. The summed E-state index contributed by atoms with van der Waals surface area (Å²) in [6, 6.07) is 18.1. The molecule has 2 unspecified atom stereocenters. The summed E-state index contributed by atoms with van der Waals surface area (Å²) < 4.78 is 17.7. The maximum Gasteiger partial charge on any atom is 0.266 e. The molecule has 2 aromatic rings. The molecule has 0 spiro atoms. The fourth-order valence-electron chi connectivity index (χ4n) is 2.83. The van der Waals surface area contributed by atoms with Gasteiger partial charge < -0.3 is 14.2 Å². The van der Waals surface area contributed by atoms with Gasteiger partial charge >= 0.3 is 0 Å². The first-order valence-corrected chi connectivity index (χ1v) is 6.46. The van der Waals surface area contributed by atoms with Crippen molar-refractivity contribution in [3.8, 4) is 5.75 Å². The van der Waals surface area contributed by atoms with E-state index in [2.05, 4.69) is 6.07 Å². The second kappa shape index (κ2) is 4.08. The monoisotopic (exact) mass is 254 g/mol. The molecule has 0 aliphatic carbocycles. The van der Waals surface area contributed by atoms with Crippen LogP contribution < -0.4 is 4.74 Å². The number of fused-ring (bicyclic) bond motifs is 2. The van der Waals surface area contributed by atoms with Crippen molar-refractivity contribution >= 4 is 0 Å². The Kier molecular flexibility index (Phi) is 2.37. The summed E-state index contributed by atoms with van der Waals surface area (Å²) in [6.45, 7) is 0.271. The second-order valence-electron chi connectivity index (χ2n) is 4.86. The molecule has 1 saturated heterocycles. The van der Waals surface area contributed by atoms with Crippen molar-refractivity contribution in [3.05, 3.63) is 65.7 Å². The predicted molar refractivity (Wildman–Crippen MR) is 69.7 cm³/mol. The van der Waals surface area contributed by atoms with E-state index in [0.29, 0.717) is 0 Å². The minimum Gasteiger partial charge on any atom is -0.455 e. The normalized spacial score (nSPS) is 28.3. The third-order valence-electron chi connectivity index (χ3n) is 3.78. The molecular weight excluding hydrogens is 240 g/mol. The van der Waals surface area contributed by atoms with Crippen molar-refractivity contribution in [1.82, 2.24) is 0 Å². The first kappa shape index (κ1) is 11.0. The minimum absolute atomic E-state index is 0.0928. The lowest BCUT2D eigenvalue weighted by molar-refractivity contribution is -0.173. The topological polar surface area (TPSA) is 27.7 Å². The van der Waals surface area contributed by atoms with Crippen LogP contribution >= 0.6 is 0 Å². The van der Waals surface area contributed by atoms with Crippen LogP contribution in [0.3, 0.4) is 0 Å². The Balaban J connectivity index is 1.83. The largest absolute Gasteiger partial charge is 0.455 e. The van der Waals surface area contributed by atoms with Gasteiger partial charge in [0.15, 0.2) is 6.79 Å². The van der Waals surface area contributed by atoms with Crippen LogP contribution in [-0.2, 0) is 21.7 Å². The number of ether oxygens (including phenoxy) is 3. The number of para-hydroxylation sites is 1. The summed E-state index contributed by atoms with van der Waals surface area (Å²) in [5, 5.41) is 0. The molecule has 0 amide bonds. The van der Waals surface area contributed by atoms with Crippen molar-refractivity contribution in [3.63, 3.8) is 0 Å². The van der Waals surface area contributed by atoms with E-state index >= 15 is 0 Å². The van der Waals surface area contributed by atoms with Crippen LogP contribution in [0.2, 0.25) is 0 Å². The van der Waals surface area contributed by atoms with Gasteiger partial charge in [-0.05, 0) is 11.6 Å². The quantitative estimate of drug-likeness (QED) is 0.783. The van der Waals surface area contributed by atoms with Crippen LogP contribution in [0.15, 0.2) is 54.6 Å². The summed E-state index contributed by atoms with van der Waals surface area (Å²) in [4.78, 5) is 0. The molecule has 2 aliphatic rings. The Morgan fingerprint density at radius 3 is 2.63 bits per heavy atom. The van der Waals surface area contributed by atoms with E-state index in [1.807, 2.05) is 48.5 Å². The number of hydrogen-bond donors (Lipinski definition) is 0. The first-order valence-electron chi connectivity index (χ1n) is 6.46. The molecule has 2 aromatic carbocycles. The van der Waals surface area contributed by atoms with Crippen molar-refractivity contribution in [2.75, 3.05) is 6.79 Å². The van der Waals surface area contributed by atoms with Crippen LogP contribution in [0.4, 0.5) is 0 Å². The third kappa shape index (κ3) is 1.59. The van der Waals surface area contributed by atoms with Crippen LogP contribution in [0.1, 0.15) is 11.1 Å². The zero-order valence-electron chi connectivity index (χ0n) is 10.4. The standard InChI is InChI=1S/C16H14O3/c1-2-7-13(8-3-1)16-15(17-11-18-16)10-12-6-4-5-9-14(12)19-16/h1-9,15H,10-11H2. The summed E-state index contributed by atoms with van der Waals surface area (Å²) in [5.74, 6) is 0.0865. The van der Waals surface area contributed by atoms with Gasteiger partial charge in [-0.15, -0.1) is 0 Å². The number of benzene rings is 2. The lowest BCUT2D eigenvalue weighted by Gasteiger charge is -2.37. The highest BCUT2D eigenvalue weighted by atomic mass is 16.8. The van der Waals surface area contributed by atoms with Gasteiger partial charge in [0.1, 0.15) is 11.9 Å². The van der Waals surface area contributed by atoms with E-state index in [9.17, 15) is 0 Å². The number of hydrogen-bond acceptors (Lipinski definition) is 3. The van der Waals surface area contributed by atoms with Crippen molar-refractivity contribution < 1.29 is 14.2 Å². The fourth-order valence-corrected chi connectivity index (χ4v) is 2.83. The smallest absolute Gasteiger partial charge is 0.266 e. The molecule has 0 radical (unpaired) electrons. The lowest BCUT2D eigenvalue weighted by atomic mass is 9.91. The molecule has 0 bridgehead atoms.